The maximum absolute atomic E-state index is 3.79. The Bertz CT molecular complexity index is 379. The highest BCUT2D eigenvalue weighted by molar-refractivity contribution is 5.40. The number of fused-ring (bicyclic) bond motifs is 1. The minimum absolute atomic E-state index is 0.246. The first kappa shape index (κ1) is 11.7. The van der Waals surface area contributed by atoms with Gasteiger partial charge < -0.3 is 5.32 Å². The molecule has 0 saturated carbocycles. The molecular weight excluding hydrogens is 194 g/mol. The van der Waals surface area contributed by atoms with E-state index in [0.717, 1.165) is 0 Å². The molecule has 1 atom stereocenters. The fraction of sp³-hybridized carbons (Fsp3) is 0.600. The molecule has 2 rings (SSSR count). The van der Waals surface area contributed by atoms with Crippen molar-refractivity contribution >= 4 is 0 Å². The first-order chi connectivity index (χ1) is 7.53. The molecule has 88 valence electrons. The molecule has 0 radical (unpaired) electrons. The lowest BCUT2D eigenvalue weighted by molar-refractivity contribution is 0.325. The summed E-state index contributed by atoms with van der Waals surface area (Å²) in [7, 11) is 0. The van der Waals surface area contributed by atoms with Crippen LogP contribution in [-0.4, -0.2) is 5.54 Å². The molecule has 0 amide bonds. The molecular formula is C15H23N. The molecule has 0 bridgehead atoms. The van der Waals surface area contributed by atoms with Crippen LogP contribution in [0.25, 0.3) is 0 Å². The van der Waals surface area contributed by atoms with Crippen LogP contribution in [0.3, 0.4) is 0 Å². The van der Waals surface area contributed by atoms with Gasteiger partial charge in [0.25, 0.3) is 0 Å². The van der Waals surface area contributed by atoms with Crippen molar-refractivity contribution in [3.8, 4) is 0 Å². The number of aryl methyl sites for hydroxylation is 1. The van der Waals surface area contributed by atoms with E-state index in [-0.39, 0.29) is 5.54 Å². The summed E-state index contributed by atoms with van der Waals surface area (Å²) < 4.78 is 0. The lowest BCUT2D eigenvalue weighted by Crippen LogP contribution is -2.40. The second-order valence-corrected chi connectivity index (χ2v) is 5.62. The maximum atomic E-state index is 3.79. The number of hydrogen-bond acceptors (Lipinski definition) is 1. The third-order valence-corrected chi connectivity index (χ3v) is 3.95. The Hall–Kier alpha value is -0.820. The van der Waals surface area contributed by atoms with E-state index in [9.17, 15) is 0 Å². The molecule has 0 fully saturated rings. The average molecular weight is 217 g/mol. The zero-order valence-corrected chi connectivity index (χ0v) is 10.9. The van der Waals surface area contributed by atoms with Gasteiger partial charge in [-0.2, -0.15) is 0 Å². The van der Waals surface area contributed by atoms with Gasteiger partial charge in [-0.25, -0.2) is 0 Å². The Labute approximate surface area is 99.3 Å². The summed E-state index contributed by atoms with van der Waals surface area (Å²) in [5.41, 5.74) is 4.81. The standard InChI is InChI=1S/C15H23N/c1-5-15(3,4)16-14-10-9-12-11(2)7-6-8-13(12)14/h6-8,14,16H,5,9-10H2,1-4H3. The van der Waals surface area contributed by atoms with Crippen LogP contribution in [0.5, 0.6) is 0 Å². The molecule has 1 aromatic carbocycles. The van der Waals surface area contributed by atoms with Crippen molar-refractivity contribution < 1.29 is 0 Å². The summed E-state index contributed by atoms with van der Waals surface area (Å²) in [4.78, 5) is 0. The molecule has 1 aliphatic rings. The quantitative estimate of drug-likeness (QED) is 0.813. The van der Waals surface area contributed by atoms with Crippen molar-refractivity contribution in [2.24, 2.45) is 0 Å². The number of hydrogen-bond donors (Lipinski definition) is 1. The molecule has 1 unspecified atom stereocenters. The van der Waals surface area contributed by atoms with E-state index in [1.54, 1.807) is 5.56 Å². The summed E-state index contributed by atoms with van der Waals surface area (Å²) in [6.07, 6.45) is 3.66. The number of nitrogens with one attached hydrogen (secondary N) is 1. The summed E-state index contributed by atoms with van der Waals surface area (Å²) >= 11 is 0. The Morgan fingerprint density at radius 3 is 2.81 bits per heavy atom. The second kappa shape index (κ2) is 4.21. The van der Waals surface area contributed by atoms with Crippen molar-refractivity contribution in [3.05, 3.63) is 34.9 Å². The van der Waals surface area contributed by atoms with Gasteiger partial charge in [-0.1, -0.05) is 25.1 Å². The molecule has 0 saturated heterocycles. The lowest BCUT2D eigenvalue weighted by Gasteiger charge is -2.29. The van der Waals surface area contributed by atoms with E-state index in [2.05, 4.69) is 51.2 Å². The van der Waals surface area contributed by atoms with Gasteiger partial charge in [-0.15, -0.1) is 0 Å². The van der Waals surface area contributed by atoms with Crippen LogP contribution in [0, 0.1) is 6.92 Å². The van der Waals surface area contributed by atoms with E-state index < -0.39 is 0 Å². The van der Waals surface area contributed by atoms with Gasteiger partial charge in [-0.3, -0.25) is 0 Å². The van der Waals surface area contributed by atoms with Crippen LogP contribution >= 0.6 is 0 Å². The van der Waals surface area contributed by atoms with Crippen molar-refractivity contribution in [2.75, 3.05) is 0 Å². The molecule has 16 heavy (non-hydrogen) atoms. The van der Waals surface area contributed by atoms with E-state index in [1.165, 1.54) is 30.4 Å². The fourth-order valence-corrected chi connectivity index (χ4v) is 2.56. The van der Waals surface area contributed by atoms with E-state index in [1.807, 2.05) is 0 Å². The van der Waals surface area contributed by atoms with Crippen LogP contribution in [0.2, 0.25) is 0 Å². The average Bonchev–Trinajstić information content (AvgIpc) is 2.63. The van der Waals surface area contributed by atoms with Gasteiger partial charge in [0, 0.05) is 11.6 Å². The Morgan fingerprint density at radius 1 is 1.38 bits per heavy atom. The molecule has 0 heterocycles. The van der Waals surface area contributed by atoms with Crippen molar-refractivity contribution in [1.82, 2.24) is 5.32 Å². The predicted molar refractivity (Wildman–Crippen MR) is 69.7 cm³/mol. The zero-order chi connectivity index (χ0) is 11.8. The normalized spacial score (nSPS) is 19.9. The Balaban J connectivity index is 2.21. The van der Waals surface area contributed by atoms with Crippen LogP contribution in [0.4, 0.5) is 0 Å². The Kier molecular flexibility index (Phi) is 3.07. The molecule has 1 nitrogen and oxygen atoms in total. The topological polar surface area (TPSA) is 12.0 Å². The molecule has 1 N–H and O–H groups in total. The largest absolute Gasteiger partial charge is 0.305 e. The van der Waals surface area contributed by atoms with Gasteiger partial charge in [0.1, 0.15) is 0 Å². The minimum Gasteiger partial charge on any atom is -0.305 e. The van der Waals surface area contributed by atoms with Gasteiger partial charge in [0.15, 0.2) is 0 Å². The summed E-state index contributed by atoms with van der Waals surface area (Å²) in [5.74, 6) is 0. The SMILES string of the molecule is CCC(C)(C)NC1CCc2c(C)cccc21. The molecule has 0 spiro atoms. The van der Waals surface area contributed by atoms with Crippen LogP contribution in [0.1, 0.15) is 56.3 Å². The molecule has 0 aromatic heterocycles. The Morgan fingerprint density at radius 2 is 2.12 bits per heavy atom. The molecule has 0 aliphatic heterocycles. The zero-order valence-electron chi connectivity index (χ0n) is 10.9. The van der Waals surface area contributed by atoms with Crippen LogP contribution in [0.15, 0.2) is 18.2 Å². The maximum Gasteiger partial charge on any atom is 0.0330 e. The van der Waals surface area contributed by atoms with Gasteiger partial charge >= 0.3 is 0 Å². The van der Waals surface area contributed by atoms with Crippen molar-refractivity contribution in [3.63, 3.8) is 0 Å². The highest BCUT2D eigenvalue weighted by Gasteiger charge is 2.27. The fourth-order valence-electron chi connectivity index (χ4n) is 2.56. The van der Waals surface area contributed by atoms with Crippen molar-refractivity contribution in [2.45, 2.75) is 58.5 Å². The number of benzene rings is 1. The highest BCUT2D eigenvalue weighted by atomic mass is 15.0. The summed E-state index contributed by atoms with van der Waals surface area (Å²) in [6.45, 7) is 9.06. The van der Waals surface area contributed by atoms with Crippen LogP contribution < -0.4 is 5.32 Å². The highest BCUT2D eigenvalue weighted by Crippen LogP contribution is 2.34. The first-order valence-electron chi connectivity index (χ1n) is 6.39. The lowest BCUT2D eigenvalue weighted by atomic mass is 9.98. The molecule has 1 heteroatoms. The van der Waals surface area contributed by atoms with Crippen molar-refractivity contribution in [1.29, 1.82) is 0 Å². The molecule has 1 aliphatic carbocycles. The minimum atomic E-state index is 0.246. The van der Waals surface area contributed by atoms with Gasteiger partial charge in [0.2, 0.25) is 0 Å². The van der Waals surface area contributed by atoms with E-state index in [0.29, 0.717) is 6.04 Å². The number of rotatable bonds is 3. The third-order valence-electron chi connectivity index (χ3n) is 3.95. The monoisotopic (exact) mass is 217 g/mol. The third kappa shape index (κ3) is 2.15. The summed E-state index contributed by atoms with van der Waals surface area (Å²) in [6, 6.07) is 7.27. The van der Waals surface area contributed by atoms with Crippen LogP contribution in [-0.2, 0) is 6.42 Å². The predicted octanol–water partition coefficient (Wildman–Crippen LogP) is 3.76. The first-order valence-corrected chi connectivity index (χ1v) is 6.39. The van der Waals surface area contributed by atoms with E-state index >= 15 is 0 Å². The van der Waals surface area contributed by atoms with Gasteiger partial charge in [-0.05, 0) is 56.7 Å². The van der Waals surface area contributed by atoms with E-state index in [4.69, 9.17) is 0 Å². The molecule has 1 aromatic rings. The smallest absolute Gasteiger partial charge is 0.0330 e. The summed E-state index contributed by atoms with van der Waals surface area (Å²) in [5, 5.41) is 3.79. The van der Waals surface area contributed by atoms with Gasteiger partial charge in [0.05, 0.1) is 0 Å². The second-order valence-electron chi connectivity index (χ2n) is 5.62.